The third kappa shape index (κ3) is 5.96. The van der Waals surface area contributed by atoms with Crippen molar-refractivity contribution in [3.8, 4) is 0 Å². The van der Waals surface area contributed by atoms with Crippen molar-refractivity contribution in [1.29, 1.82) is 0 Å². The van der Waals surface area contributed by atoms with Crippen LogP contribution in [-0.4, -0.2) is 0 Å². The smallest absolute Gasteiger partial charge is 0.185 e. The zero-order valence-corrected chi connectivity index (χ0v) is 4.71. The minimum absolute atomic E-state index is 0.620. The molecule has 0 spiro atoms. The minimum Gasteiger partial charge on any atom is -0.194 e. The summed E-state index contributed by atoms with van der Waals surface area (Å²) in [5, 5.41) is -0.636. The van der Waals surface area contributed by atoms with Crippen LogP contribution >= 0.6 is 11.6 Å². The summed E-state index contributed by atoms with van der Waals surface area (Å²) >= 11 is 4.82. The Labute approximate surface area is 48.0 Å². The number of unbranched alkanes of at least 4 members (excludes halogenated alkanes) is 1. The topological polar surface area (TPSA) is 0 Å². The Kier molecular flexibility index (Phi) is 4.10. The average molecular weight is 122 g/mol. The molecule has 0 unspecified atom stereocenters. The highest BCUT2D eigenvalue weighted by Crippen LogP contribution is 2.03. The molecule has 0 heterocycles. The Hall–Kier alpha value is -0.0400. The van der Waals surface area contributed by atoms with Gasteiger partial charge in [-0.1, -0.05) is 18.5 Å². The van der Waals surface area contributed by atoms with Crippen LogP contribution < -0.4 is 0 Å². The van der Waals surface area contributed by atoms with Crippen LogP contribution in [0.2, 0.25) is 0 Å². The summed E-state index contributed by atoms with van der Waals surface area (Å²) in [6.45, 7) is 3.49. The molecule has 0 saturated heterocycles. The van der Waals surface area contributed by atoms with Crippen molar-refractivity contribution in [1.82, 2.24) is 0 Å². The van der Waals surface area contributed by atoms with Crippen molar-refractivity contribution in [2.45, 2.75) is 12.8 Å². The quantitative estimate of drug-likeness (QED) is 0.527. The Bertz CT molecular complexity index is 64.5. The van der Waals surface area contributed by atoms with E-state index >= 15 is 0 Å². The molecule has 0 rings (SSSR count). The van der Waals surface area contributed by atoms with Gasteiger partial charge in [-0.05, 0) is 18.9 Å². The Morgan fingerprint density at radius 2 is 2.43 bits per heavy atom. The van der Waals surface area contributed by atoms with E-state index in [9.17, 15) is 4.39 Å². The average Bonchev–Trinajstić information content (AvgIpc) is 1.61. The van der Waals surface area contributed by atoms with E-state index in [1.54, 1.807) is 0 Å². The fourth-order valence-electron chi connectivity index (χ4n) is 0.211. The molecular weight excluding hydrogens is 115 g/mol. The molecule has 0 saturated carbocycles. The number of hydrogen-bond donors (Lipinski definition) is 0. The first-order valence-electron chi connectivity index (χ1n) is 2.07. The summed E-state index contributed by atoms with van der Waals surface area (Å²) in [6, 6.07) is 0. The van der Waals surface area contributed by atoms with E-state index in [2.05, 4.69) is 6.92 Å². The van der Waals surface area contributed by atoms with Gasteiger partial charge in [0.15, 0.2) is 5.29 Å². The van der Waals surface area contributed by atoms with Crippen molar-refractivity contribution >= 4 is 11.6 Å². The predicted octanol–water partition coefficient (Wildman–Crippen LogP) is 2.65. The standard InChI is InChI=1S/C5H7ClF/c1-2-3-4-5(6)7/h4H,1-3H2/b5-4-. The molecule has 2 heteroatoms. The maximum absolute atomic E-state index is 11.5. The maximum atomic E-state index is 11.5. The third-order valence-electron chi connectivity index (χ3n) is 0.503. The van der Waals surface area contributed by atoms with Crippen LogP contribution in [0, 0.1) is 6.92 Å². The summed E-state index contributed by atoms with van der Waals surface area (Å²) in [5.74, 6) is 0. The van der Waals surface area contributed by atoms with Crippen molar-refractivity contribution in [2.75, 3.05) is 0 Å². The molecule has 0 aliphatic rings. The molecule has 7 heavy (non-hydrogen) atoms. The molecule has 0 aromatic carbocycles. The minimum atomic E-state index is -0.636. The second-order valence-electron chi connectivity index (χ2n) is 1.14. The fraction of sp³-hybridized carbons (Fsp3) is 0.400. The van der Waals surface area contributed by atoms with Crippen LogP contribution in [0.25, 0.3) is 0 Å². The van der Waals surface area contributed by atoms with Gasteiger partial charge in [-0.2, -0.15) is 4.39 Å². The van der Waals surface area contributed by atoms with Crippen LogP contribution in [0.15, 0.2) is 11.4 Å². The zero-order chi connectivity index (χ0) is 5.70. The van der Waals surface area contributed by atoms with Crippen molar-refractivity contribution < 1.29 is 4.39 Å². The van der Waals surface area contributed by atoms with Gasteiger partial charge in [0, 0.05) is 0 Å². The molecule has 0 nitrogen and oxygen atoms in total. The molecule has 41 valence electrons. The molecule has 1 radical (unpaired) electrons. The highest BCUT2D eigenvalue weighted by Gasteiger charge is 1.80. The summed E-state index contributed by atoms with van der Waals surface area (Å²) in [6.07, 6.45) is 2.62. The van der Waals surface area contributed by atoms with Gasteiger partial charge in [0.2, 0.25) is 0 Å². The number of hydrogen-bond acceptors (Lipinski definition) is 0. The molecule has 0 fully saturated rings. The molecule has 0 amide bonds. The second-order valence-corrected chi connectivity index (χ2v) is 1.50. The van der Waals surface area contributed by atoms with Crippen molar-refractivity contribution in [3.63, 3.8) is 0 Å². The SMILES string of the molecule is [CH2]CC/C=C(\F)Cl. The van der Waals surface area contributed by atoms with E-state index in [-0.39, 0.29) is 0 Å². The van der Waals surface area contributed by atoms with Crippen LogP contribution in [0.1, 0.15) is 12.8 Å². The Morgan fingerprint density at radius 1 is 1.86 bits per heavy atom. The zero-order valence-electron chi connectivity index (χ0n) is 3.95. The highest BCUT2D eigenvalue weighted by molar-refractivity contribution is 6.28. The molecule has 0 aromatic heterocycles. The lowest BCUT2D eigenvalue weighted by atomic mass is 10.3. The summed E-state index contributed by atoms with van der Waals surface area (Å²) < 4.78 is 11.5. The van der Waals surface area contributed by atoms with Crippen LogP contribution in [-0.2, 0) is 0 Å². The molecule has 0 aliphatic heterocycles. The largest absolute Gasteiger partial charge is 0.194 e. The summed E-state index contributed by atoms with van der Waals surface area (Å²) in [4.78, 5) is 0. The lowest BCUT2D eigenvalue weighted by Gasteiger charge is -1.79. The molecule has 0 aliphatic carbocycles. The van der Waals surface area contributed by atoms with Gasteiger partial charge < -0.3 is 0 Å². The summed E-state index contributed by atoms with van der Waals surface area (Å²) in [7, 11) is 0. The van der Waals surface area contributed by atoms with E-state index in [1.165, 1.54) is 6.08 Å². The number of halogens is 2. The second kappa shape index (κ2) is 4.13. The van der Waals surface area contributed by atoms with Crippen LogP contribution in [0.3, 0.4) is 0 Å². The highest BCUT2D eigenvalue weighted by atomic mass is 35.5. The monoisotopic (exact) mass is 121 g/mol. The van der Waals surface area contributed by atoms with Gasteiger partial charge in [-0.25, -0.2) is 0 Å². The lowest BCUT2D eigenvalue weighted by Crippen LogP contribution is -1.60. The third-order valence-corrected chi connectivity index (χ3v) is 0.657. The first-order valence-corrected chi connectivity index (χ1v) is 2.45. The Balaban J connectivity index is 3.08. The predicted molar refractivity (Wildman–Crippen MR) is 29.6 cm³/mol. The van der Waals surface area contributed by atoms with E-state index in [4.69, 9.17) is 11.6 Å². The number of rotatable bonds is 2. The van der Waals surface area contributed by atoms with Gasteiger partial charge in [-0.3, -0.25) is 0 Å². The van der Waals surface area contributed by atoms with Crippen LogP contribution in [0.5, 0.6) is 0 Å². The first kappa shape index (κ1) is 6.96. The normalized spacial score (nSPS) is 12.1. The molecule has 0 aromatic rings. The van der Waals surface area contributed by atoms with Gasteiger partial charge in [-0.15, -0.1) is 0 Å². The van der Waals surface area contributed by atoms with Crippen LogP contribution in [0.4, 0.5) is 4.39 Å². The van der Waals surface area contributed by atoms with Crippen molar-refractivity contribution in [3.05, 3.63) is 18.3 Å². The van der Waals surface area contributed by atoms with E-state index in [0.717, 1.165) is 0 Å². The Morgan fingerprint density at radius 3 is 2.57 bits per heavy atom. The molecule has 0 N–H and O–H groups in total. The van der Waals surface area contributed by atoms with E-state index in [0.29, 0.717) is 12.8 Å². The van der Waals surface area contributed by atoms with E-state index < -0.39 is 5.29 Å². The van der Waals surface area contributed by atoms with Gasteiger partial charge in [0.05, 0.1) is 0 Å². The first-order chi connectivity index (χ1) is 3.27. The molecule has 0 bridgehead atoms. The molecular formula is C5H7ClF. The lowest BCUT2D eigenvalue weighted by molar-refractivity contribution is 0.687. The number of allylic oxidation sites excluding steroid dienone is 1. The fourth-order valence-corrected chi connectivity index (χ4v) is 0.320. The van der Waals surface area contributed by atoms with Gasteiger partial charge in [0.1, 0.15) is 0 Å². The molecule has 0 atom stereocenters. The van der Waals surface area contributed by atoms with E-state index in [1.807, 2.05) is 0 Å². The van der Waals surface area contributed by atoms with Crippen molar-refractivity contribution in [2.24, 2.45) is 0 Å². The maximum Gasteiger partial charge on any atom is 0.185 e. The summed E-state index contributed by atoms with van der Waals surface area (Å²) in [5.41, 5.74) is 0. The van der Waals surface area contributed by atoms with Gasteiger partial charge in [0.25, 0.3) is 0 Å². The van der Waals surface area contributed by atoms with Gasteiger partial charge >= 0.3 is 0 Å².